The molecule has 2 aromatic heterocycles. The van der Waals surface area contributed by atoms with Crippen molar-refractivity contribution in [1.82, 2.24) is 4.98 Å². The van der Waals surface area contributed by atoms with E-state index >= 15 is 0 Å². The van der Waals surface area contributed by atoms with Gasteiger partial charge in [0.05, 0.1) is 13.5 Å². The Labute approximate surface area is 104 Å². The van der Waals surface area contributed by atoms with Crippen molar-refractivity contribution in [3.63, 3.8) is 0 Å². The highest BCUT2D eigenvalue weighted by Crippen LogP contribution is 2.26. The molecule has 0 saturated heterocycles. The van der Waals surface area contributed by atoms with E-state index in [0.29, 0.717) is 10.4 Å². The molecular formula is C10H8BrNO3S. The Morgan fingerprint density at radius 2 is 2.44 bits per heavy atom. The van der Waals surface area contributed by atoms with Gasteiger partial charge in [0.2, 0.25) is 0 Å². The highest BCUT2D eigenvalue weighted by molar-refractivity contribution is 9.10. The molecule has 0 amide bonds. The summed E-state index contributed by atoms with van der Waals surface area (Å²) < 4.78 is 10.6. The molecule has 6 heteroatoms. The van der Waals surface area contributed by atoms with E-state index in [1.807, 2.05) is 11.4 Å². The van der Waals surface area contributed by atoms with Gasteiger partial charge in [0.15, 0.2) is 10.4 Å². The summed E-state index contributed by atoms with van der Waals surface area (Å²) in [5.41, 5.74) is 0.731. The molecule has 4 nitrogen and oxygen atoms in total. The van der Waals surface area contributed by atoms with Crippen LogP contribution < -0.4 is 0 Å². The SMILES string of the molecule is COC(=O)Cc1nc(-c2ccc(Br)o2)cs1. The van der Waals surface area contributed by atoms with Crippen molar-refractivity contribution in [2.45, 2.75) is 6.42 Å². The fourth-order valence-electron chi connectivity index (χ4n) is 1.15. The van der Waals surface area contributed by atoms with E-state index < -0.39 is 0 Å². The van der Waals surface area contributed by atoms with Gasteiger partial charge in [-0.15, -0.1) is 11.3 Å². The second-order valence-electron chi connectivity index (χ2n) is 2.98. The number of hydrogen-bond acceptors (Lipinski definition) is 5. The lowest BCUT2D eigenvalue weighted by Gasteiger charge is -1.93. The van der Waals surface area contributed by atoms with Gasteiger partial charge in [0.25, 0.3) is 0 Å². The molecule has 0 atom stereocenters. The Morgan fingerprint density at radius 1 is 1.62 bits per heavy atom. The van der Waals surface area contributed by atoms with Crippen LogP contribution in [0.5, 0.6) is 0 Å². The summed E-state index contributed by atoms with van der Waals surface area (Å²) in [4.78, 5) is 15.3. The smallest absolute Gasteiger partial charge is 0.312 e. The van der Waals surface area contributed by atoms with Crippen molar-refractivity contribution in [3.8, 4) is 11.5 Å². The lowest BCUT2D eigenvalue weighted by atomic mass is 10.3. The van der Waals surface area contributed by atoms with Crippen LogP contribution in [-0.2, 0) is 16.0 Å². The number of thiazole rings is 1. The number of carbonyl (C=O) groups excluding carboxylic acids is 1. The lowest BCUT2D eigenvalue weighted by Crippen LogP contribution is -2.03. The van der Waals surface area contributed by atoms with Crippen LogP contribution in [0.1, 0.15) is 5.01 Å². The van der Waals surface area contributed by atoms with Crippen LogP contribution in [0.2, 0.25) is 0 Å². The molecule has 2 rings (SSSR count). The van der Waals surface area contributed by atoms with E-state index in [2.05, 4.69) is 25.7 Å². The second kappa shape index (κ2) is 4.80. The maximum atomic E-state index is 11.0. The number of halogens is 1. The molecule has 0 saturated carbocycles. The summed E-state index contributed by atoms with van der Waals surface area (Å²) in [5.74, 6) is 0.390. The fraction of sp³-hybridized carbons (Fsp3) is 0.200. The first-order chi connectivity index (χ1) is 7.69. The van der Waals surface area contributed by atoms with Gasteiger partial charge in [0.1, 0.15) is 10.7 Å². The molecule has 16 heavy (non-hydrogen) atoms. The fourth-order valence-corrected chi connectivity index (χ4v) is 2.23. The summed E-state index contributed by atoms with van der Waals surface area (Å²) in [7, 11) is 1.36. The lowest BCUT2D eigenvalue weighted by molar-refractivity contribution is -0.139. The Morgan fingerprint density at radius 3 is 3.06 bits per heavy atom. The number of nitrogens with zero attached hydrogens (tertiary/aromatic N) is 1. The van der Waals surface area contributed by atoms with Gasteiger partial charge in [-0.05, 0) is 28.1 Å². The molecule has 0 aliphatic heterocycles. The molecule has 0 radical (unpaired) electrons. The molecule has 0 bridgehead atoms. The molecule has 0 aliphatic carbocycles. The van der Waals surface area contributed by atoms with Crippen molar-refractivity contribution in [2.24, 2.45) is 0 Å². The zero-order valence-corrected chi connectivity index (χ0v) is 10.8. The molecule has 0 spiro atoms. The molecule has 0 aromatic carbocycles. The highest BCUT2D eigenvalue weighted by atomic mass is 79.9. The van der Waals surface area contributed by atoms with E-state index in [4.69, 9.17) is 4.42 Å². The maximum Gasteiger partial charge on any atom is 0.312 e. The topological polar surface area (TPSA) is 52.3 Å². The van der Waals surface area contributed by atoms with Gasteiger partial charge >= 0.3 is 5.97 Å². The largest absolute Gasteiger partial charge is 0.469 e. The van der Waals surface area contributed by atoms with Crippen LogP contribution in [-0.4, -0.2) is 18.1 Å². The number of ether oxygens (including phenoxy) is 1. The monoisotopic (exact) mass is 301 g/mol. The Hall–Kier alpha value is -1.14. The first kappa shape index (κ1) is 11.3. The Kier molecular flexibility index (Phi) is 3.40. The molecule has 2 aromatic rings. The predicted molar refractivity (Wildman–Crippen MR) is 63.2 cm³/mol. The summed E-state index contributed by atoms with van der Waals surface area (Å²) in [6, 6.07) is 3.62. The van der Waals surface area contributed by atoms with Crippen LogP contribution in [0.25, 0.3) is 11.5 Å². The van der Waals surface area contributed by atoms with Crippen LogP contribution in [0.4, 0.5) is 0 Å². The number of hydrogen-bond donors (Lipinski definition) is 0. The summed E-state index contributed by atoms with van der Waals surface area (Å²) >= 11 is 4.63. The van der Waals surface area contributed by atoms with E-state index in [1.165, 1.54) is 18.4 Å². The first-order valence-corrected chi connectivity index (χ1v) is 6.13. The minimum Gasteiger partial charge on any atom is -0.469 e. The number of rotatable bonds is 3. The quantitative estimate of drug-likeness (QED) is 0.818. The normalized spacial score (nSPS) is 10.4. The van der Waals surface area contributed by atoms with E-state index in [9.17, 15) is 4.79 Å². The van der Waals surface area contributed by atoms with Crippen molar-refractivity contribution in [3.05, 3.63) is 27.2 Å². The van der Waals surface area contributed by atoms with E-state index in [0.717, 1.165) is 10.7 Å². The molecule has 0 unspecified atom stereocenters. The number of esters is 1. The van der Waals surface area contributed by atoms with E-state index in [1.54, 1.807) is 6.07 Å². The minimum absolute atomic E-state index is 0.197. The zero-order chi connectivity index (χ0) is 11.5. The van der Waals surface area contributed by atoms with Gasteiger partial charge in [-0.1, -0.05) is 0 Å². The second-order valence-corrected chi connectivity index (χ2v) is 4.71. The third-order valence-corrected chi connectivity index (χ3v) is 3.18. The maximum absolute atomic E-state index is 11.0. The molecule has 0 aliphatic rings. The molecule has 0 N–H and O–H groups in total. The number of carbonyl (C=O) groups is 1. The van der Waals surface area contributed by atoms with E-state index in [-0.39, 0.29) is 12.4 Å². The summed E-state index contributed by atoms with van der Waals surface area (Å²) in [6.07, 6.45) is 0.197. The third kappa shape index (κ3) is 2.51. The van der Waals surface area contributed by atoms with Crippen LogP contribution in [0.3, 0.4) is 0 Å². The first-order valence-electron chi connectivity index (χ1n) is 4.46. The molecule has 2 heterocycles. The van der Waals surface area contributed by atoms with Gasteiger partial charge in [0, 0.05) is 5.38 Å². The number of aromatic nitrogens is 1. The van der Waals surface area contributed by atoms with Gasteiger partial charge in [-0.25, -0.2) is 4.98 Å². The number of methoxy groups -OCH3 is 1. The average Bonchev–Trinajstić information content (AvgIpc) is 2.87. The van der Waals surface area contributed by atoms with Gasteiger partial charge in [-0.2, -0.15) is 0 Å². The molecule has 84 valence electrons. The predicted octanol–water partition coefficient (Wildman–Crippen LogP) is 2.88. The number of furan rings is 1. The zero-order valence-electron chi connectivity index (χ0n) is 8.40. The standard InChI is InChI=1S/C10H8BrNO3S/c1-14-10(13)4-9-12-6(5-16-9)7-2-3-8(11)15-7/h2-3,5H,4H2,1H3. The Balaban J connectivity index is 2.16. The van der Waals surface area contributed by atoms with Crippen LogP contribution in [0.15, 0.2) is 26.6 Å². The highest BCUT2D eigenvalue weighted by Gasteiger charge is 2.11. The van der Waals surface area contributed by atoms with Crippen LogP contribution in [0, 0.1) is 0 Å². The average molecular weight is 302 g/mol. The molecule has 0 fully saturated rings. The third-order valence-electron chi connectivity index (χ3n) is 1.90. The van der Waals surface area contributed by atoms with Crippen LogP contribution >= 0.6 is 27.3 Å². The van der Waals surface area contributed by atoms with Crippen molar-refractivity contribution in [2.75, 3.05) is 7.11 Å². The van der Waals surface area contributed by atoms with Gasteiger partial charge < -0.3 is 9.15 Å². The minimum atomic E-state index is -0.290. The molecular weight excluding hydrogens is 294 g/mol. The van der Waals surface area contributed by atoms with Crippen molar-refractivity contribution < 1.29 is 13.9 Å². The Bertz CT molecular complexity index is 506. The summed E-state index contributed by atoms with van der Waals surface area (Å²) in [6.45, 7) is 0. The summed E-state index contributed by atoms with van der Waals surface area (Å²) in [5, 5.41) is 2.57. The van der Waals surface area contributed by atoms with Crippen molar-refractivity contribution in [1.29, 1.82) is 0 Å². The van der Waals surface area contributed by atoms with Gasteiger partial charge in [-0.3, -0.25) is 4.79 Å². The van der Waals surface area contributed by atoms with Crippen molar-refractivity contribution >= 4 is 33.2 Å².